The molecule has 20 heavy (non-hydrogen) atoms. The van der Waals surface area contributed by atoms with Crippen LogP contribution < -0.4 is 0 Å². The zero-order valence-electron chi connectivity index (χ0n) is 13.9. The Bertz CT molecular complexity index is 341. The van der Waals surface area contributed by atoms with E-state index in [1.165, 1.54) is 0 Å². The van der Waals surface area contributed by atoms with Crippen LogP contribution in [0.1, 0.15) is 67.7 Å². The van der Waals surface area contributed by atoms with Gasteiger partial charge < -0.3 is 9.84 Å². The Labute approximate surface area is 122 Å². The molecule has 0 radical (unpaired) electrons. The standard InChI is InChI=1S/C16H30O4/c1-8-16(13(17)18,15(5,6)7)14(19)20-12(4)10-9-11(2)3/h11-12H,8-10H2,1-7H3,(H,17,18). The highest BCUT2D eigenvalue weighted by Gasteiger charge is 2.55. The van der Waals surface area contributed by atoms with E-state index >= 15 is 0 Å². The number of carbonyl (C=O) groups excluding carboxylic acids is 1. The third kappa shape index (κ3) is 4.22. The molecule has 0 fully saturated rings. The first-order valence-corrected chi connectivity index (χ1v) is 7.43. The fourth-order valence-corrected chi connectivity index (χ4v) is 2.45. The van der Waals surface area contributed by atoms with Crippen molar-refractivity contribution in [1.82, 2.24) is 0 Å². The van der Waals surface area contributed by atoms with Gasteiger partial charge in [0.1, 0.15) is 0 Å². The summed E-state index contributed by atoms with van der Waals surface area (Å²) in [5, 5.41) is 9.56. The summed E-state index contributed by atoms with van der Waals surface area (Å²) in [5.74, 6) is -1.18. The van der Waals surface area contributed by atoms with Crippen molar-refractivity contribution in [2.75, 3.05) is 0 Å². The van der Waals surface area contributed by atoms with Gasteiger partial charge in [-0.15, -0.1) is 0 Å². The lowest BCUT2D eigenvalue weighted by Crippen LogP contribution is -2.50. The molecule has 1 N–H and O–H groups in total. The summed E-state index contributed by atoms with van der Waals surface area (Å²) in [7, 11) is 0. The van der Waals surface area contributed by atoms with Gasteiger partial charge in [-0.2, -0.15) is 0 Å². The van der Waals surface area contributed by atoms with Crippen molar-refractivity contribution >= 4 is 11.9 Å². The average Bonchev–Trinajstić information content (AvgIpc) is 2.25. The summed E-state index contributed by atoms with van der Waals surface area (Å²) in [6.45, 7) is 13.1. The lowest BCUT2D eigenvalue weighted by atomic mass is 9.65. The molecule has 118 valence electrons. The van der Waals surface area contributed by atoms with E-state index in [4.69, 9.17) is 4.74 Å². The van der Waals surface area contributed by atoms with Crippen LogP contribution in [0.3, 0.4) is 0 Å². The van der Waals surface area contributed by atoms with E-state index in [1.54, 1.807) is 27.7 Å². The summed E-state index contributed by atoms with van der Waals surface area (Å²) < 4.78 is 5.43. The van der Waals surface area contributed by atoms with Crippen LogP contribution >= 0.6 is 0 Å². The topological polar surface area (TPSA) is 63.6 Å². The van der Waals surface area contributed by atoms with Crippen molar-refractivity contribution in [3.63, 3.8) is 0 Å². The number of hydrogen-bond donors (Lipinski definition) is 1. The first-order chi connectivity index (χ1) is 8.99. The summed E-state index contributed by atoms with van der Waals surface area (Å²) in [5.41, 5.74) is -2.18. The first-order valence-electron chi connectivity index (χ1n) is 7.43. The van der Waals surface area contributed by atoms with Gasteiger partial charge in [0.2, 0.25) is 0 Å². The van der Waals surface area contributed by atoms with Crippen LogP contribution in [0.15, 0.2) is 0 Å². The van der Waals surface area contributed by atoms with Crippen molar-refractivity contribution in [2.24, 2.45) is 16.7 Å². The number of hydrogen-bond acceptors (Lipinski definition) is 3. The Kier molecular flexibility index (Phi) is 6.72. The fourth-order valence-electron chi connectivity index (χ4n) is 2.45. The van der Waals surface area contributed by atoms with Crippen LogP contribution in [0.4, 0.5) is 0 Å². The zero-order valence-corrected chi connectivity index (χ0v) is 13.9. The third-order valence-corrected chi connectivity index (χ3v) is 3.98. The maximum atomic E-state index is 12.4. The lowest BCUT2D eigenvalue weighted by Gasteiger charge is -2.38. The molecule has 0 aromatic rings. The molecule has 4 nitrogen and oxygen atoms in total. The lowest BCUT2D eigenvalue weighted by molar-refractivity contribution is -0.181. The Hall–Kier alpha value is -1.06. The highest BCUT2D eigenvalue weighted by Crippen LogP contribution is 2.43. The highest BCUT2D eigenvalue weighted by atomic mass is 16.5. The number of carbonyl (C=O) groups is 2. The SMILES string of the molecule is CCC(C(=O)O)(C(=O)OC(C)CCC(C)C)C(C)(C)C. The molecule has 0 saturated carbocycles. The number of ether oxygens (including phenoxy) is 1. The Morgan fingerprint density at radius 3 is 1.90 bits per heavy atom. The van der Waals surface area contributed by atoms with Gasteiger partial charge in [0.25, 0.3) is 0 Å². The van der Waals surface area contributed by atoms with Crippen molar-refractivity contribution in [3.8, 4) is 0 Å². The normalized spacial score (nSPS) is 16.6. The maximum absolute atomic E-state index is 12.4. The molecule has 0 spiro atoms. The molecular weight excluding hydrogens is 256 g/mol. The van der Waals surface area contributed by atoms with Crippen molar-refractivity contribution < 1.29 is 19.4 Å². The molecule has 4 heteroatoms. The van der Waals surface area contributed by atoms with Crippen LogP contribution in [0.25, 0.3) is 0 Å². The molecule has 0 saturated heterocycles. The molecule has 0 aliphatic rings. The van der Waals surface area contributed by atoms with Crippen LogP contribution in [-0.4, -0.2) is 23.1 Å². The van der Waals surface area contributed by atoms with E-state index < -0.39 is 22.8 Å². The molecule has 0 aliphatic carbocycles. The smallest absolute Gasteiger partial charge is 0.324 e. The zero-order chi connectivity index (χ0) is 16.1. The van der Waals surface area contributed by atoms with Crippen LogP contribution in [-0.2, 0) is 14.3 Å². The average molecular weight is 286 g/mol. The molecular formula is C16H30O4. The van der Waals surface area contributed by atoms with E-state index in [1.807, 2.05) is 6.92 Å². The van der Waals surface area contributed by atoms with Gasteiger partial charge in [-0.05, 0) is 37.5 Å². The quantitative estimate of drug-likeness (QED) is 0.570. The van der Waals surface area contributed by atoms with Crippen molar-refractivity contribution in [2.45, 2.75) is 73.8 Å². The van der Waals surface area contributed by atoms with E-state index in [0.29, 0.717) is 5.92 Å². The predicted molar refractivity (Wildman–Crippen MR) is 79.4 cm³/mol. The number of carboxylic acids is 1. The summed E-state index contributed by atoms with van der Waals surface area (Å²) in [6.07, 6.45) is 1.68. The Morgan fingerprint density at radius 2 is 1.60 bits per heavy atom. The van der Waals surface area contributed by atoms with Crippen LogP contribution in [0.5, 0.6) is 0 Å². The molecule has 0 aromatic carbocycles. The molecule has 2 atom stereocenters. The Balaban J connectivity index is 5.05. The van der Waals surface area contributed by atoms with E-state index in [-0.39, 0.29) is 12.5 Å². The predicted octanol–water partition coefficient (Wildman–Crippen LogP) is 3.88. The highest BCUT2D eigenvalue weighted by molar-refractivity contribution is 6.00. The van der Waals surface area contributed by atoms with Gasteiger partial charge >= 0.3 is 11.9 Å². The largest absolute Gasteiger partial charge is 0.480 e. The number of carboxylic acid groups (broad SMARTS) is 1. The minimum absolute atomic E-state index is 0.224. The maximum Gasteiger partial charge on any atom is 0.324 e. The van der Waals surface area contributed by atoms with Crippen molar-refractivity contribution in [3.05, 3.63) is 0 Å². The van der Waals surface area contributed by atoms with Gasteiger partial charge in [-0.3, -0.25) is 9.59 Å². The van der Waals surface area contributed by atoms with Gasteiger partial charge in [0, 0.05) is 0 Å². The minimum atomic E-state index is -1.49. The second kappa shape index (κ2) is 7.09. The second-order valence-corrected chi connectivity index (χ2v) is 7.00. The molecule has 0 rings (SSSR count). The number of esters is 1. The van der Waals surface area contributed by atoms with Crippen LogP contribution in [0, 0.1) is 16.7 Å². The fraction of sp³-hybridized carbons (Fsp3) is 0.875. The minimum Gasteiger partial charge on any atom is -0.480 e. The summed E-state index contributed by atoms with van der Waals surface area (Å²) in [4.78, 5) is 24.1. The third-order valence-electron chi connectivity index (χ3n) is 3.98. The summed E-state index contributed by atoms with van der Waals surface area (Å²) in [6, 6.07) is 0. The monoisotopic (exact) mass is 286 g/mol. The molecule has 0 aliphatic heterocycles. The molecule has 0 aromatic heterocycles. The number of rotatable bonds is 7. The molecule has 2 unspecified atom stereocenters. The van der Waals surface area contributed by atoms with Gasteiger partial charge in [-0.25, -0.2) is 0 Å². The molecule has 0 amide bonds. The molecule has 0 heterocycles. The molecule has 0 bridgehead atoms. The van der Waals surface area contributed by atoms with Crippen LogP contribution in [0.2, 0.25) is 0 Å². The van der Waals surface area contributed by atoms with E-state index in [9.17, 15) is 14.7 Å². The number of aliphatic carboxylic acids is 1. The first kappa shape index (κ1) is 18.9. The van der Waals surface area contributed by atoms with Gasteiger partial charge in [0.15, 0.2) is 5.41 Å². The van der Waals surface area contributed by atoms with E-state index in [2.05, 4.69) is 13.8 Å². The summed E-state index contributed by atoms with van der Waals surface area (Å²) >= 11 is 0. The van der Waals surface area contributed by atoms with E-state index in [0.717, 1.165) is 12.8 Å². The van der Waals surface area contributed by atoms with Crippen molar-refractivity contribution in [1.29, 1.82) is 0 Å². The van der Waals surface area contributed by atoms with Gasteiger partial charge in [0.05, 0.1) is 6.10 Å². The second-order valence-electron chi connectivity index (χ2n) is 7.00. The Morgan fingerprint density at radius 1 is 1.10 bits per heavy atom. The van der Waals surface area contributed by atoms with Gasteiger partial charge in [-0.1, -0.05) is 41.5 Å².